The molecule has 8 heteroatoms. The maximum Gasteiger partial charge on any atom is 0.249 e. The molecule has 2 heterocycles. The topological polar surface area (TPSA) is 85.8 Å². The average molecular weight is 412 g/mol. The Balaban J connectivity index is 1.40. The molecule has 4 rings (SSSR count). The number of aryl methyl sites for hydroxylation is 1. The predicted octanol–water partition coefficient (Wildman–Crippen LogP) is 4.05. The normalized spacial score (nSPS) is 14.9. The van der Waals surface area contributed by atoms with E-state index in [1.165, 1.54) is 11.8 Å². The van der Waals surface area contributed by atoms with Gasteiger partial charge >= 0.3 is 0 Å². The lowest BCUT2D eigenvalue weighted by Crippen LogP contribution is -2.33. The molecular formula is C21H25N5O2S. The van der Waals surface area contributed by atoms with E-state index in [0.29, 0.717) is 11.8 Å². The number of carbonyl (C=O) groups excluding carboxylic acids is 1. The molecule has 0 bridgehead atoms. The van der Waals surface area contributed by atoms with Crippen molar-refractivity contribution in [3.8, 4) is 5.69 Å². The Hall–Kier alpha value is -2.61. The van der Waals surface area contributed by atoms with Crippen molar-refractivity contribution in [3.63, 3.8) is 0 Å². The fourth-order valence-corrected chi connectivity index (χ4v) is 3.93. The Kier molecular flexibility index (Phi) is 5.71. The number of rotatable bonds is 8. The van der Waals surface area contributed by atoms with E-state index in [-0.39, 0.29) is 23.6 Å². The van der Waals surface area contributed by atoms with Gasteiger partial charge in [0.05, 0.1) is 11.4 Å². The van der Waals surface area contributed by atoms with Gasteiger partial charge in [0.2, 0.25) is 11.8 Å². The fraction of sp³-hybridized carbons (Fsp3) is 0.429. The number of imidazole rings is 1. The van der Waals surface area contributed by atoms with Crippen molar-refractivity contribution < 1.29 is 9.32 Å². The summed E-state index contributed by atoms with van der Waals surface area (Å²) in [5.41, 5.74) is 2.21. The van der Waals surface area contributed by atoms with Crippen molar-refractivity contribution in [2.45, 2.75) is 50.7 Å². The monoisotopic (exact) mass is 411 g/mol. The summed E-state index contributed by atoms with van der Waals surface area (Å²) in [4.78, 5) is 21.6. The number of hydrogen-bond acceptors (Lipinski definition) is 6. The smallest absolute Gasteiger partial charge is 0.249 e. The van der Waals surface area contributed by atoms with Crippen LogP contribution in [0.15, 0.2) is 46.3 Å². The third-order valence-corrected chi connectivity index (χ3v) is 5.93. The second-order valence-electron chi connectivity index (χ2n) is 7.71. The lowest BCUT2D eigenvalue weighted by atomic mass is 10.0. The Morgan fingerprint density at radius 1 is 1.34 bits per heavy atom. The number of thioether (sulfide) groups is 1. The number of hydrogen-bond donors (Lipinski definition) is 1. The molecule has 1 amide bonds. The van der Waals surface area contributed by atoms with Crippen LogP contribution in [0.5, 0.6) is 0 Å². The van der Waals surface area contributed by atoms with Gasteiger partial charge in [-0.1, -0.05) is 49.0 Å². The number of nitrogens with one attached hydrogen (secondary N) is 1. The number of amides is 1. The Bertz CT molecular complexity index is 992. The van der Waals surface area contributed by atoms with Crippen molar-refractivity contribution in [3.05, 3.63) is 53.9 Å². The summed E-state index contributed by atoms with van der Waals surface area (Å²) in [7, 11) is 0. The molecule has 0 spiro atoms. The molecule has 1 N–H and O–H groups in total. The summed E-state index contributed by atoms with van der Waals surface area (Å²) in [5.74, 6) is 1.99. The van der Waals surface area contributed by atoms with Crippen LogP contribution in [-0.4, -0.2) is 31.4 Å². The maximum absolute atomic E-state index is 12.6. The van der Waals surface area contributed by atoms with Gasteiger partial charge < -0.3 is 9.84 Å². The molecule has 3 aromatic rings. The maximum atomic E-state index is 12.6. The molecule has 1 aliphatic carbocycles. The first-order chi connectivity index (χ1) is 14.0. The molecule has 0 radical (unpaired) electrons. The molecule has 2 aromatic heterocycles. The summed E-state index contributed by atoms with van der Waals surface area (Å²) >= 11 is 1.41. The number of nitrogens with zero attached hydrogens (tertiary/aromatic N) is 4. The van der Waals surface area contributed by atoms with Crippen LogP contribution in [0.3, 0.4) is 0 Å². The molecule has 1 fully saturated rings. The van der Waals surface area contributed by atoms with Gasteiger partial charge in [-0.25, -0.2) is 4.98 Å². The first-order valence-corrected chi connectivity index (χ1v) is 10.9. The van der Waals surface area contributed by atoms with Gasteiger partial charge in [0.15, 0.2) is 11.0 Å². The molecule has 0 saturated heterocycles. The zero-order valence-electron chi connectivity index (χ0n) is 16.8. The van der Waals surface area contributed by atoms with Crippen LogP contribution in [-0.2, 0) is 4.79 Å². The highest BCUT2D eigenvalue weighted by Gasteiger charge is 2.31. The van der Waals surface area contributed by atoms with Crippen molar-refractivity contribution in [2.75, 3.05) is 5.75 Å². The molecule has 1 aliphatic rings. The van der Waals surface area contributed by atoms with Gasteiger partial charge in [0.1, 0.15) is 6.04 Å². The van der Waals surface area contributed by atoms with Gasteiger partial charge in [-0.05, 0) is 37.3 Å². The third kappa shape index (κ3) is 4.53. The van der Waals surface area contributed by atoms with Crippen molar-refractivity contribution in [2.24, 2.45) is 5.92 Å². The van der Waals surface area contributed by atoms with Gasteiger partial charge in [-0.3, -0.25) is 9.36 Å². The molecular weight excluding hydrogens is 386 g/mol. The van der Waals surface area contributed by atoms with E-state index in [9.17, 15) is 4.79 Å². The van der Waals surface area contributed by atoms with Crippen molar-refractivity contribution >= 4 is 17.7 Å². The molecule has 7 nitrogen and oxygen atoms in total. The zero-order chi connectivity index (χ0) is 20.4. The largest absolute Gasteiger partial charge is 0.343 e. The summed E-state index contributed by atoms with van der Waals surface area (Å²) < 4.78 is 7.44. The van der Waals surface area contributed by atoms with Crippen LogP contribution in [0, 0.1) is 12.8 Å². The van der Waals surface area contributed by atoms with E-state index in [0.717, 1.165) is 35.1 Å². The number of benzene rings is 1. The van der Waals surface area contributed by atoms with E-state index in [4.69, 9.17) is 4.52 Å². The lowest BCUT2D eigenvalue weighted by molar-refractivity contribution is -0.119. The van der Waals surface area contributed by atoms with E-state index >= 15 is 0 Å². The molecule has 1 aromatic carbocycles. The van der Waals surface area contributed by atoms with Crippen LogP contribution in [0.2, 0.25) is 0 Å². The highest BCUT2D eigenvalue weighted by molar-refractivity contribution is 7.99. The van der Waals surface area contributed by atoms with E-state index < -0.39 is 0 Å². The van der Waals surface area contributed by atoms with Crippen molar-refractivity contribution in [1.82, 2.24) is 25.0 Å². The van der Waals surface area contributed by atoms with Crippen LogP contribution in [0.1, 0.15) is 55.9 Å². The Morgan fingerprint density at radius 3 is 2.86 bits per heavy atom. The van der Waals surface area contributed by atoms with Gasteiger partial charge in [-0.2, -0.15) is 4.98 Å². The van der Waals surface area contributed by atoms with E-state index in [1.54, 1.807) is 6.20 Å². The quantitative estimate of drug-likeness (QED) is 0.563. The van der Waals surface area contributed by atoms with E-state index in [2.05, 4.69) is 33.4 Å². The molecule has 0 aliphatic heterocycles. The fourth-order valence-electron chi connectivity index (χ4n) is 3.15. The predicted molar refractivity (Wildman–Crippen MR) is 111 cm³/mol. The average Bonchev–Trinajstić information content (AvgIpc) is 3.25. The summed E-state index contributed by atoms with van der Waals surface area (Å²) in [6.45, 7) is 6.12. The molecule has 29 heavy (non-hydrogen) atoms. The second-order valence-corrected chi connectivity index (χ2v) is 8.65. The summed E-state index contributed by atoms with van der Waals surface area (Å²) in [6, 6.07) is 7.82. The number of para-hydroxylation sites is 1. The Morgan fingerprint density at radius 2 is 2.14 bits per heavy atom. The number of carbonyl (C=O) groups is 1. The third-order valence-electron chi connectivity index (χ3n) is 4.96. The van der Waals surface area contributed by atoms with Crippen LogP contribution >= 0.6 is 11.8 Å². The van der Waals surface area contributed by atoms with Gasteiger partial charge in [0.25, 0.3) is 0 Å². The second kappa shape index (κ2) is 8.41. The van der Waals surface area contributed by atoms with Crippen molar-refractivity contribution in [1.29, 1.82) is 0 Å². The summed E-state index contributed by atoms with van der Waals surface area (Å²) in [6.07, 6.45) is 5.89. The van der Waals surface area contributed by atoms with Crippen LogP contribution in [0.4, 0.5) is 0 Å². The molecule has 1 saturated carbocycles. The molecule has 1 atom stereocenters. The van der Waals surface area contributed by atoms with Crippen LogP contribution in [0.25, 0.3) is 5.69 Å². The minimum Gasteiger partial charge on any atom is -0.343 e. The highest BCUT2D eigenvalue weighted by Crippen LogP contribution is 2.38. The minimum absolute atomic E-state index is 0.0841. The Labute approximate surface area is 174 Å². The van der Waals surface area contributed by atoms with Gasteiger partial charge in [-0.15, -0.1) is 0 Å². The standard InChI is InChI=1S/C21H25N5O2S/c1-13(2)18(20-24-19(25-28-20)15-8-9-15)23-17(27)12-29-21-22-10-11-26(21)16-7-5-4-6-14(16)3/h4-7,10-11,13,15,18H,8-9,12H2,1-3H3,(H,23,27). The van der Waals surface area contributed by atoms with E-state index in [1.807, 2.05) is 42.8 Å². The zero-order valence-corrected chi connectivity index (χ0v) is 17.6. The number of aromatic nitrogens is 4. The van der Waals surface area contributed by atoms with Gasteiger partial charge in [0, 0.05) is 18.3 Å². The first-order valence-electron chi connectivity index (χ1n) is 9.88. The highest BCUT2D eigenvalue weighted by atomic mass is 32.2. The molecule has 152 valence electrons. The molecule has 1 unspecified atom stereocenters. The lowest BCUT2D eigenvalue weighted by Gasteiger charge is -2.18. The first kappa shape index (κ1) is 19.7. The SMILES string of the molecule is Cc1ccccc1-n1ccnc1SCC(=O)NC(c1nc(C2CC2)no1)C(C)C. The van der Waals surface area contributed by atoms with Crippen LogP contribution < -0.4 is 5.32 Å². The minimum atomic E-state index is -0.292. The summed E-state index contributed by atoms with van der Waals surface area (Å²) in [5, 5.41) is 7.90.